The molecule has 1 atom stereocenters. The summed E-state index contributed by atoms with van der Waals surface area (Å²) >= 11 is 0. The summed E-state index contributed by atoms with van der Waals surface area (Å²) in [6, 6.07) is -0.0218. The van der Waals surface area contributed by atoms with E-state index in [0.29, 0.717) is 5.57 Å². The smallest absolute Gasteiger partial charge is 0.141 e. The average molecular weight is 239 g/mol. The van der Waals surface area contributed by atoms with Gasteiger partial charge in [0.2, 0.25) is 0 Å². The number of aliphatic hydroxyl groups excluding tert-OH is 2. The molecule has 3 nitrogen and oxygen atoms in total. The number of hydrogen-bond acceptors (Lipinski definition) is 3. The van der Waals surface area contributed by atoms with Crippen molar-refractivity contribution in [2.24, 2.45) is 5.92 Å². The molecular weight excluding hydrogens is 214 g/mol. The van der Waals surface area contributed by atoms with Gasteiger partial charge in [0.25, 0.3) is 0 Å². The van der Waals surface area contributed by atoms with Gasteiger partial charge in [0.1, 0.15) is 5.76 Å². The van der Waals surface area contributed by atoms with Crippen LogP contribution in [0.3, 0.4) is 0 Å². The highest BCUT2D eigenvalue weighted by atomic mass is 16.3. The lowest BCUT2D eigenvalue weighted by atomic mass is 10.1. The van der Waals surface area contributed by atoms with Crippen molar-refractivity contribution in [2.45, 2.75) is 40.7 Å². The van der Waals surface area contributed by atoms with E-state index in [-0.39, 0.29) is 18.4 Å². The van der Waals surface area contributed by atoms with E-state index in [2.05, 4.69) is 27.4 Å². The fourth-order valence-electron chi connectivity index (χ4n) is 1.28. The summed E-state index contributed by atoms with van der Waals surface area (Å²) in [7, 11) is 0. The first-order valence-corrected chi connectivity index (χ1v) is 5.97. The first-order valence-electron chi connectivity index (χ1n) is 5.97. The van der Waals surface area contributed by atoms with E-state index in [9.17, 15) is 5.11 Å². The van der Waals surface area contributed by atoms with E-state index in [1.54, 1.807) is 13.0 Å². The third kappa shape index (κ3) is 5.09. The summed E-state index contributed by atoms with van der Waals surface area (Å²) in [5, 5.41) is 18.5. The topological polar surface area (TPSA) is 43.7 Å². The lowest BCUT2D eigenvalue weighted by molar-refractivity contribution is 0.193. The van der Waals surface area contributed by atoms with E-state index in [1.165, 1.54) is 0 Å². The van der Waals surface area contributed by atoms with Crippen molar-refractivity contribution in [2.75, 3.05) is 6.61 Å². The number of aliphatic hydroxyl groups is 2. The predicted octanol–water partition coefficient (Wildman–Crippen LogP) is 3.20. The molecular formula is C14H25NO2. The molecule has 0 aromatic heterocycles. The molecule has 0 aromatic carbocycles. The number of rotatable bonds is 2. The molecule has 0 aliphatic carbocycles. The molecule has 0 amide bonds. The normalized spacial score (nSPS) is 17.1. The summed E-state index contributed by atoms with van der Waals surface area (Å²) in [6.45, 7) is 13.9. The van der Waals surface area contributed by atoms with Crippen LogP contribution in [0.15, 0.2) is 35.9 Å². The molecule has 3 heteroatoms. The molecule has 0 saturated heterocycles. The molecule has 1 unspecified atom stereocenters. The second kappa shape index (κ2) is 7.17. The van der Waals surface area contributed by atoms with E-state index in [4.69, 9.17) is 5.11 Å². The summed E-state index contributed by atoms with van der Waals surface area (Å²) in [5.41, 5.74) is 1.34. The third-order valence-electron chi connectivity index (χ3n) is 2.21. The van der Waals surface area contributed by atoms with E-state index < -0.39 is 0 Å². The van der Waals surface area contributed by atoms with Crippen LogP contribution in [0.5, 0.6) is 0 Å². The van der Waals surface area contributed by atoms with Crippen LogP contribution in [0.1, 0.15) is 34.6 Å². The Morgan fingerprint density at radius 2 is 1.76 bits per heavy atom. The van der Waals surface area contributed by atoms with Crippen LogP contribution in [0.4, 0.5) is 0 Å². The van der Waals surface area contributed by atoms with Crippen molar-refractivity contribution < 1.29 is 10.2 Å². The van der Waals surface area contributed by atoms with E-state index >= 15 is 0 Å². The molecule has 0 saturated carbocycles. The van der Waals surface area contributed by atoms with Crippen LogP contribution in [-0.4, -0.2) is 27.8 Å². The minimum atomic E-state index is -0.0218. The quantitative estimate of drug-likeness (QED) is 0.777. The van der Waals surface area contributed by atoms with Gasteiger partial charge in [0.05, 0.1) is 18.3 Å². The molecule has 98 valence electrons. The van der Waals surface area contributed by atoms with Crippen LogP contribution in [-0.2, 0) is 0 Å². The zero-order chi connectivity index (χ0) is 13.6. The van der Waals surface area contributed by atoms with Crippen molar-refractivity contribution in [1.29, 1.82) is 0 Å². The van der Waals surface area contributed by atoms with Gasteiger partial charge in [-0.3, -0.25) is 0 Å². The second-order valence-electron chi connectivity index (χ2n) is 4.95. The van der Waals surface area contributed by atoms with Gasteiger partial charge < -0.3 is 15.1 Å². The van der Waals surface area contributed by atoms with Crippen molar-refractivity contribution in [3.8, 4) is 0 Å². The molecule has 1 heterocycles. The van der Waals surface area contributed by atoms with Crippen molar-refractivity contribution in [3.63, 3.8) is 0 Å². The number of nitrogens with zero attached hydrogens (tertiary/aromatic N) is 1. The Hall–Kier alpha value is -1.22. The molecule has 17 heavy (non-hydrogen) atoms. The number of hydrogen-bond donors (Lipinski definition) is 2. The largest absolute Gasteiger partial charge is 0.506 e. The Kier molecular flexibility index (Phi) is 6.66. The monoisotopic (exact) mass is 239 g/mol. The van der Waals surface area contributed by atoms with Gasteiger partial charge in [-0.05, 0) is 25.8 Å². The molecule has 1 rings (SSSR count). The lowest BCUT2D eigenvalue weighted by Gasteiger charge is -2.30. The Labute approximate surface area is 105 Å². The Morgan fingerprint density at radius 1 is 1.29 bits per heavy atom. The van der Waals surface area contributed by atoms with Crippen LogP contribution < -0.4 is 0 Å². The fourth-order valence-corrected chi connectivity index (χ4v) is 1.28. The third-order valence-corrected chi connectivity index (χ3v) is 2.21. The maximum atomic E-state index is 9.57. The van der Waals surface area contributed by atoms with Gasteiger partial charge in [-0.2, -0.15) is 0 Å². The van der Waals surface area contributed by atoms with Gasteiger partial charge in [-0.15, -0.1) is 0 Å². The summed E-state index contributed by atoms with van der Waals surface area (Å²) in [6.07, 6.45) is 3.55. The van der Waals surface area contributed by atoms with Gasteiger partial charge >= 0.3 is 0 Å². The maximum absolute atomic E-state index is 9.57. The lowest BCUT2D eigenvalue weighted by Crippen LogP contribution is -2.31. The first-order chi connectivity index (χ1) is 7.81. The predicted molar refractivity (Wildman–Crippen MR) is 72.5 cm³/mol. The summed E-state index contributed by atoms with van der Waals surface area (Å²) in [4.78, 5) is 1.82. The highest BCUT2D eigenvalue weighted by molar-refractivity contribution is 5.39. The number of allylic oxidation sites excluding steroid dienone is 2. The zero-order valence-electron chi connectivity index (χ0n) is 11.6. The zero-order valence-corrected chi connectivity index (χ0v) is 11.6. The van der Waals surface area contributed by atoms with Gasteiger partial charge in [-0.25, -0.2) is 0 Å². The van der Waals surface area contributed by atoms with Gasteiger partial charge in [-0.1, -0.05) is 27.4 Å². The second-order valence-corrected chi connectivity index (χ2v) is 4.95. The first kappa shape index (κ1) is 15.8. The molecule has 2 N–H and O–H groups in total. The van der Waals surface area contributed by atoms with Gasteiger partial charge in [0.15, 0.2) is 0 Å². The highest BCUT2D eigenvalue weighted by Crippen LogP contribution is 2.22. The molecule has 1 aliphatic heterocycles. The average Bonchev–Trinajstić information content (AvgIpc) is 2.24. The van der Waals surface area contributed by atoms with Crippen LogP contribution >= 0.6 is 0 Å². The van der Waals surface area contributed by atoms with E-state index in [1.807, 2.05) is 18.0 Å². The SMILES string of the molecule is C=C1C=CN(C(C)CO)C(C)=C1O.CC(C)C. The Morgan fingerprint density at radius 3 is 2.18 bits per heavy atom. The Bertz CT molecular complexity index is 313. The van der Waals surface area contributed by atoms with Gasteiger partial charge in [0, 0.05) is 11.8 Å². The summed E-state index contributed by atoms with van der Waals surface area (Å²) < 4.78 is 0. The summed E-state index contributed by atoms with van der Waals surface area (Å²) in [5.74, 6) is 1.03. The van der Waals surface area contributed by atoms with E-state index in [0.717, 1.165) is 11.6 Å². The van der Waals surface area contributed by atoms with Crippen molar-refractivity contribution in [1.82, 2.24) is 4.90 Å². The molecule has 0 fully saturated rings. The fraction of sp³-hybridized carbons (Fsp3) is 0.571. The van der Waals surface area contributed by atoms with Crippen LogP contribution in [0, 0.1) is 5.92 Å². The molecule has 1 aliphatic rings. The molecule has 0 spiro atoms. The highest BCUT2D eigenvalue weighted by Gasteiger charge is 2.18. The van der Waals surface area contributed by atoms with Crippen LogP contribution in [0.2, 0.25) is 0 Å². The van der Waals surface area contributed by atoms with Crippen molar-refractivity contribution >= 4 is 0 Å². The molecule has 0 bridgehead atoms. The maximum Gasteiger partial charge on any atom is 0.141 e. The minimum absolute atomic E-state index is 0.0218. The minimum Gasteiger partial charge on any atom is -0.506 e. The standard InChI is InChI=1S/C10H15NO2.C4H10/c1-7-4-5-11(8(2)6-12)9(3)10(7)13;1-4(2)3/h4-5,8,12-13H,1,6H2,2-3H3;4H,1-3H3. The molecule has 0 aromatic rings. The van der Waals surface area contributed by atoms with Crippen LogP contribution in [0.25, 0.3) is 0 Å². The van der Waals surface area contributed by atoms with Crippen molar-refractivity contribution in [3.05, 3.63) is 35.9 Å². The molecule has 0 radical (unpaired) electrons. The Balaban J connectivity index is 0.000000557.